The Morgan fingerprint density at radius 3 is 2.14 bits per heavy atom. The predicted octanol–water partition coefficient (Wildman–Crippen LogP) is 2.49. The number of anilines is 4. The lowest BCUT2D eigenvalue weighted by Crippen LogP contribution is -2.10. The Labute approximate surface area is 124 Å². The van der Waals surface area contributed by atoms with Crippen LogP contribution >= 0.6 is 0 Å². The Hall–Kier alpha value is -2.57. The normalized spacial score (nSPS) is 10.0. The number of rotatable bonds is 7. The van der Waals surface area contributed by atoms with Crippen molar-refractivity contribution in [2.45, 2.75) is 13.8 Å². The molecule has 0 aliphatic rings. The molecule has 0 radical (unpaired) electrons. The molecule has 0 aliphatic carbocycles. The van der Waals surface area contributed by atoms with E-state index >= 15 is 0 Å². The van der Waals surface area contributed by atoms with Gasteiger partial charge in [-0.25, -0.2) is 0 Å². The molecule has 1 heterocycles. The van der Waals surface area contributed by atoms with Crippen LogP contribution in [0.1, 0.15) is 13.8 Å². The third-order valence-corrected chi connectivity index (χ3v) is 2.63. The molecule has 0 aliphatic heterocycles. The first-order chi connectivity index (χ1) is 10.2. The fourth-order valence-electron chi connectivity index (χ4n) is 1.74. The molecule has 0 spiro atoms. The van der Waals surface area contributed by atoms with E-state index in [2.05, 4.69) is 30.9 Å². The van der Waals surface area contributed by atoms with Crippen LogP contribution in [-0.4, -0.2) is 35.2 Å². The minimum atomic E-state index is 0.477. The number of ether oxygens (including phenoxy) is 1. The van der Waals surface area contributed by atoms with Gasteiger partial charge in [-0.2, -0.15) is 15.0 Å². The van der Waals surface area contributed by atoms with Gasteiger partial charge in [-0.15, -0.1) is 0 Å². The average molecular weight is 288 g/mol. The summed E-state index contributed by atoms with van der Waals surface area (Å²) in [7, 11) is 1.63. The summed E-state index contributed by atoms with van der Waals surface area (Å²) in [6.07, 6.45) is 0. The van der Waals surface area contributed by atoms with Gasteiger partial charge in [0.2, 0.25) is 17.8 Å². The van der Waals surface area contributed by atoms with Crippen molar-refractivity contribution < 1.29 is 4.74 Å². The van der Waals surface area contributed by atoms with Crippen molar-refractivity contribution in [1.82, 2.24) is 15.0 Å². The number of aromatic nitrogens is 3. The molecule has 0 amide bonds. The zero-order chi connectivity index (χ0) is 15.1. The van der Waals surface area contributed by atoms with E-state index in [0.29, 0.717) is 17.8 Å². The molecule has 0 atom stereocenters. The van der Waals surface area contributed by atoms with Gasteiger partial charge in [0.05, 0.1) is 7.11 Å². The monoisotopic (exact) mass is 288 g/mol. The Morgan fingerprint density at radius 2 is 1.57 bits per heavy atom. The number of methoxy groups -OCH3 is 1. The lowest BCUT2D eigenvalue weighted by Gasteiger charge is -2.10. The van der Waals surface area contributed by atoms with Crippen LogP contribution in [0.4, 0.5) is 23.5 Å². The van der Waals surface area contributed by atoms with Crippen molar-refractivity contribution in [3.05, 3.63) is 24.3 Å². The molecule has 0 fully saturated rings. The van der Waals surface area contributed by atoms with Crippen molar-refractivity contribution in [2.75, 3.05) is 36.1 Å². The summed E-state index contributed by atoms with van der Waals surface area (Å²) in [6.45, 7) is 5.47. The summed E-state index contributed by atoms with van der Waals surface area (Å²) < 4.78 is 5.20. The van der Waals surface area contributed by atoms with E-state index in [0.717, 1.165) is 24.5 Å². The second kappa shape index (κ2) is 7.28. The number of hydrogen-bond acceptors (Lipinski definition) is 7. The molecule has 0 bridgehead atoms. The number of nitrogens with zero attached hydrogens (tertiary/aromatic N) is 3. The minimum absolute atomic E-state index is 0.477. The maximum absolute atomic E-state index is 5.20. The third-order valence-electron chi connectivity index (χ3n) is 2.63. The third kappa shape index (κ3) is 4.20. The molecule has 0 unspecified atom stereocenters. The van der Waals surface area contributed by atoms with Gasteiger partial charge in [0.25, 0.3) is 0 Å². The van der Waals surface area contributed by atoms with Crippen LogP contribution in [0.25, 0.3) is 0 Å². The zero-order valence-electron chi connectivity index (χ0n) is 12.5. The van der Waals surface area contributed by atoms with Gasteiger partial charge in [-0.1, -0.05) is 6.07 Å². The Bertz CT molecular complexity index is 565. The molecule has 1 aromatic carbocycles. The first-order valence-electron chi connectivity index (χ1n) is 6.90. The van der Waals surface area contributed by atoms with E-state index in [-0.39, 0.29) is 0 Å². The Kier molecular flexibility index (Phi) is 5.14. The summed E-state index contributed by atoms with van der Waals surface area (Å²) in [4.78, 5) is 12.9. The number of benzene rings is 1. The van der Waals surface area contributed by atoms with Gasteiger partial charge in [0.15, 0.2) is 0 Å². The topological polar surface area (TPSA) is 84.0 Å². The number of nitrogens with one attached hydrogen (secondary N) is 3. The molecule has 0 saturated heterocycles. The smallest absolute Gasteiger partial charge is 0.233 e. The van der Waals surface area contributed by atoms with Crippen LogP contribution in [0.5, 0.6) is 5.75 Å². The predicted molar refractivity (Wildman–Crippen MR) is 84.4 cm³/mol. The summed E-state index contributed by atoms with van der Waals surface area (Å²) in [5.41, 5.74) is 0.852. The van der Waals surface area contributed by atoms with Crippen LogP contribution in [-0.2, 0) is 0 Å². The van der Waals surface area contributed by atoms with Crippen molar-refractivity contribution >= 4 is 23.5 Å². The maximum atomic E-state index is 5.20. The van der Waals surface area contributed by atoms with Crippen molar-refractivity contribution in [3.8, 4) is 5.75 Å². The molecule has 21 heavy (non-hydrogen) atoms. The Morgan fingerprint density at radius 1 is 0.952 bits per heavy atom. The molecule has 1 aromatic heterocycles. The Balaban J connectivity index is 2.24. The van der Waals surface area contributed by atoms with Gasteiger partial charge in [0.1, 0.15) is 5.75 Å². The van der Waals surface area contributed by atoms with E-state index in [1.54, 1.807) is 7.11 Å². The van der Waals surface area contributed by atoms with Gasteiger partial charge in [-0.3, -0.25) is 0 Å². The van der Waals surface area contributed by atoms with E-state index < -0.39 is 0 Å². The summed E-state index contributed by atoms with van der Waals surface area (Å²) in [6, 6.07) is 7.58. The highest BCUT2D eigenvalue weighted by Crippen LogP contribution is 2.20. The van der Waals surface area contributed by atoms with E-state index in [1.165, 1.54) is 0 Å². The molecule has 0 saturated carbocycles. The SMILES string of the molecule is CCNc1nc(NCC)nc(Nc2cccc(OC)c2)n1. The maximum Gasteiger partial charge on any atom is 0.233 e. The highest BCUT2D eigenvalue weighted by molar-refractivity contribution is 5.57. The van der Waals surface area contributed by atoms with E-state index in [4.69, 9.17) is 4.74 Å². The fourth-order valence-corrected chi connectivity index (χ4v) is 1.74. The molecule has 7 nitrogen and oxygen atoms in total. The lowest BCUT2D eigenvalue weighted by atomic mass is 10.3. The second-order valence-corrected chi connectivity index (χ2v) is 4.22. The molecule has 2 aromatic rings. The molecule has 3 N–H and O–H groups in total. The zero-order valence-corrected chi connectivity index (χ0v) is 12.5. The van der Waals surface area contributed by atoms with Crippen LogP contribution < -0.4 is 20.7 Å². The lowest BCUT2D eigenvalue weighted by molar-refractivity contribution is 0.415. The van der Waals surface area contributed by atoms with Crippen molar-refractivity contribution in [1.29, 1.82) is 0 Å². The summed E-state index contributed by atoms with van der Waals surface area (Å²) in [5.74, 6) is 2.32. The van der Waals surface area contributed by atoms with Gasteiger partial charge in [-0.05, 0) is 26.0 Å². The fraction of sp³-hybridized carbons (Fsp3) is 0.357. The van der Waals surface area contributed by atoms with Gasteiger partial charge >= 0.3 is 0 Å². The molecule has 2 rings (SSSR count). The van der Waals surface area contributed by atoms with Crippen LogP contribution in [0, 0.1) is 0 Å². The highest BCUT2D eigenvalue weighted by atomic mass is 16.5. The van der Waals surface area contributed by atoms with Crippen LogP contribution in [0.15, 0.2) is 24.3 Å². The molecular weight excluding hydrogens is 268 g/mol. The largest absolute Gasteiger partial charge is 0.497 e. The van der Waals surface area contributed by atoms with Crippen LogP contribution in [0.3, 0.4) is 0 Å². The molecule has 7 heteroatoms. The van der Waals surface area contributed by atoms with E-state index in [1.807, 2.05) is 38.1 Å². The average Bonchev–Trinajstić information content (AvgIpc) is 2.48. The summed E-state index contributed by atoms with van der Waals surface area (Å²) >= 11 is 0. The standard InChI is InChI=1S/C14H20N6O/c1-4-15-12-18-13(16-5-2)20-14(19-12)17-10-7-6-8-11(9-10)21-3/h6-9H,4-5H2,1-3H3,(H3,15,16,17,18,19,20). The van der Waals surface area contributed by atoms with Gasteiger partial charge < -0.3 is 20.7 Å². The van der Waals surface area contributed by atoms with Crippen LogP contribution in [0.2, 0.25) is 0 Å². The summed E-state index contributed by atoms with van der Waals surface area (Å²) in [5, 5.41) is 9.33. The van der Waals surface area contributed by atoms with Crippen molar-refractivity contribution in [2.24, 2.45) is 0 Å². The van der Waals surface area contributed by atoms with Gasteiger partial charge in [0, 0.05) is 24.8 Å². The highest BCUT2D eigenvalue weighted by Gasteiger charge is 2.06. The quantitative estimate of drug-likeness (QED) is 0.721. The first kappa shape index (κ1) is 14.8. The van der Waals surface area contributed by atoms with Crippen molar-refractivity contribution in [3.63, 3.8) is 0 Å². The van der Waals surface area contributed by atoms with E-state index in [9.17, 15) is 0 Å². The first-order valence-corrected chi connectivity index (χ1v) is 6.90. The number of hydrogen-bond donors (Lipinski definition) is 3. The minimum Gasteiger partial charge on any atom is -0.497 e. The molecule has 112 valence electrons. The second-order valence-electron chi connectivity index (χ2n) is 4.22. The molecular formula is C14H20N6O.